The molecule has 0 bridgehead atoms. The molecule has 5 nitrogen and oxygen atoms in total. The highest BCUT2D eigenvalue weighted by atomic mass is 16.2. The van der Waals surface area contributed by atoms with Crippen LogP contribution in [0.1, 0.15) is 32.8 Å². The summed E-state index contributed by atoms with van der Waals surface area (Å²) in [5.41, 5.74) is 2.29. The van der Waals surface area contributed by atoms with Crippen molar-refractivity contribution < 1.29 is 9.59 Å². The molecule has 0 radical (unpaired) electrons. The van der Waals surface area contributed by atoms with E-state index in [0.29, 0.717) is 11.4 Å². The predicted octanol–water partition coefficient (Wildman–Crippen LogP) is 2.87. The monoisotopic (exact) mass is 263 g/mol. The quantitative estimate of drug-likeness (QED) is 0.781. The Balaban J connectivity index is 2.76. The standard InChI is InChI=1S/C14H21N3O2/c1-5-10(3)15-14(19)17-13-8-12(16-11(4)18)7-6-9(13)2/h6-8,10H,5H2,1-4H3,(H,16,18)(H2,15,17,19). The summed E-state index contributed by atoms with van der Waals surface area (Å²) in [6.45, 7) is 7.30. The Kier molecular flexibility index (Phi) is 5.36. The zero-order valence-electron chi connectivity index (χ0n) is 11.8. The first-order valence-electron chi connectivity index (χ1n) is 6.38. The molecule has 0 saturated carbocycles. The van der Waals surface area contributed by atoms with E-state index in [0.717, 1.165) is 12.0 Å². The number of rotatable bonds is 4. The van der Waals surface area contributed by atoms with Crippen LogP contribution in [0.4, 0.5) is 16.2 Å². The summed E-state index contributed by atoms with van der Waals surface area (Å²) in [6.07, 6.45) is 0.873. The number of carbonyl (C=O) groups excluding carboxylic acids is 2. The highest BCUT2D eigenvalue weighted by Crippen LogP contribution is 2.20. The molecule has 1 unspecified atom stereocenters. The van der Waals surface area contributed by atoms with Crippen LogP contribution in [0.5, 0.6) is 0 Å². The minimum atomic E-state index is -0.238. The third-order valence-electron chi connectivity index (χ3n) is 2.80. The largest absolute Gasteiger partial charge is 0.335 e. The zero-order chi connectivity index (χ0) is 14.4. The number of anilines is 2. The second kappa shape index (κ2) is 6.78. The number of aryl methyl sites for hydroxylation is 1. The van der Waals surface area contributed by atoms with Crippen LogP contribution in [0.15, 0.2) is 18.2 Å². The number of nitrogens with one attached hydrogen (secondary N) is 3. The molecular weight excluding hydrogens is 242 g/mol. The second-order valence-electron chi connectivity index (χ2n) is 4.62. The van der Waals surface area contributed by atoms with Crippen LogP contribution >= 0.6 is 0 Å². The van der Waals surface area contributed by atoms with E-state index >= 15 is 0 Å². The molecule has 3 amide bonds. The fourth-order valence-corrected chi connectivity index (χ4v) is 1.52. The normalized spacial score (nSPS) is 11.6. The van der Waals surface area contributed by atoms with Crippen LogP contribution in [0.3, 0.4) is 0 Å². The Morgan fingerprint density at radius 3 is 2.53 bits per heavy atom. The Morgan fingerprint density at radius 2 is 1.95 bits per heavy atom. The van der Waals surface area contributed by atoms with Gasteiger partial charge in [-0.25, -0.2) is 4.79 Å². The minimum absolute atomic E-state index is 0.124. The number of amides is 3. The van der Waals surface area contributed by atoms with Crippen molar-refractivity contribution in [1.82, 2.24) is 5.32 Å². The molecule has 1 aromatic rings. The predicted molar refractivity (Wildman–Crippen MR) is 77.4 cm³/mol. The van der Waals surface area contributed by atoms with Crippen molar-refractivity contribution >= 4 is 23.3 Å². The van der Waals surface area contributed by atoms with Crippen LogP contribution in [0.25, 0.3) is 0 Å². The van der Waals surface area contributed by atoms with Crippen molar-refractivity contribution in [3.63, 3.8) is 0 Å². The molecule has 0 aliphatic rings. The maximum Gasteiger partial charge on any atom is 0.319 e. The lowest BCUT2D eigenvalue weighted by atomic mass is 10.2. The first-order chi connectivity index (χ1) is 8.92. The molecule has 5 heteroatoms. The van der Waals surface area contributed by atoms with E-state index in [4.69, 9.17) is 0 Å². The summed E-state index contributed by atoms with van der Waals surface area (Å²) in [5, 5.41) is 8.30. The summed E-state index contributed by atoms with van der Waals surface area (Å²) in [6, 6.07) is 5.28. The third kappa shape index (κ3) is 4.99. The Labute approximate surface area is 113 Å². The van der Waals surface area contributed by atoms with Crippen molar-refractivity contribution in [2.45, 2.75) is 40.2 Å². The number of benzene rings is 1. The third-order valence-corrected chi connectivity index (χ3v) is 2.80. The first kappa shape index (κ1) is 15.0. The average molecular weight is 263 g/mol. The SMILES string of the molecule is CCC(C)NC(=O)Nc1cc(NC(C)=O)ccc1C. The van der Waals surface area contributed by atoms with Gasteiger partial charge in [-0.2, -0.15) is 0 Å². The van der Waals surface area contributed by atoms with E-state index in [1.54, 1.807) is 12.1 Å². The molecule has 19 heavy (non-hydrogen) atoms. The fraction of sp³-hybridized carbons (Fsp3) is 0.429. The van der Waals surface area contributed by atoms with Gasteiger partial charge in [-0.3, -0.25) is 4.79 Å². The lowest BCUT2D eigenvalue weighted by Gasteiger charge is -2.14. The van der Waals surface area contributed by atoms with Gasteiger partial charge in [0, 0.05) is 24.3 Å². The summed E-state index contributed by atoms with van der Waals surface area (Å²) >= 11 is 0. The molecule has 0 spiro atoms. The van der Waals surface area contributed by atoms with Crippen LogP contribution in [-0.2, 0) is 4.79 Å². The summed E-state index contributed by atoms with van der Waals surface area (Å²) in [5.74, 6) is -0.140. The van der Waals surface area contributed by atoms with Gasteiger partial charge in [-0.15, -0.1) is 0 Å². The van der Waals surface area contributed by atoms with Crippen molar-refractivity contribution in [1.29, 1.82) is 0 Å². The molecule has 0 aliphatic carbocycles. The number of hydrogen-bond acceptors (Lipinski definition) is 2. The highest BCUT2D eigenvalue weighted by molar-refractivity contribution is 5.93. The highest BCUT2D eigenvalue weighted by Gasteiger charge is 2.08. The minimum Gasteiger partial charge on any atom is -0.335 e. The number of urea groups is 1. The van der Waals surface area contributed by atoms with Crippen LogP contribution < -0.4 is 16.0 Å². The Hall–Kier alpha value is -2.04. The molecule has 1 atom stereocenters. The second-order valence-corrected chi connectivity index (χ2v) is 4.62. The van der Waals surface area contributed by atoms with E-state index in [1.807, 2.05) is 26.8 Å². The van der Waals surface area contributed by atoms with Crippen molar-refractivity contribution in [3.05, 3.63) is 23.8 Å². The summed E-state index contributed by atoms with van der Waals surface area (Å²) in [4.78, 5) is 22.8. The maximum atomic E-state index is 11.8. The van der Waals surface area contributed by atoms with E-state index in [-0.39, 0.29) is 18.0 Å². The van der Waals surface area contributed by atoms with Gasteiger partial charge in [0.05, 0.1) is 0 Å². The molecule has 3 N–H and O–H groups in total. The molecule has 0 heterocycles. The van der Waals surface area contributed by atoms with Crippen molar-refractivity contribution in [2.24, 2.45) is 0 Å². The van der Waals surface area contributed by atoms with Gasteiger partial charge < -0.3 is 16.0 Å². The molecule has 0 aliphatic heterocycles. The Morgan fingerprint density at radius 1 is 1.26 bits per heavy atom. The number of hydrogen-bond donors (Lipinski definition) is 3. The van der Waals surface area contributed by atoms with Gasteiger partial charge in [0.25, 0.3) is 0 Å². The van der Waals surface area contributed by atoms with Gasteiger partial charge in [-0.1, -0.05) is 13.0 Å². The number of carbonyl (C=O) groups is 2. The smallest absolute Gasteiger partial charge is 0.319 e. The van der Waals surface area contributed by atoms with Gasteiger partial charge >= 0.3 is 6.03 Å². The molecule has 104 valence electrons. The van der Waals surface area contributed by atoms with Crippen LogP contribution in [0, 0.1) is 6.92 Å². The summed E-state index contributed by atoms with van der Waals surface area (Å²) in [7, 11) is 0. The lowest BCUT2D eigenvalue weighted by molar-refractivity contribution is -0.114. The summed E-state index contributed by atoms with van der Waals surface area (Å²) < 4.78 is 0. The van der Waals surface area contributed by atoms with E-state index in [2.05, 4.69) is 16.0 Å². The first-order valence-corrected chi connectivity index (χ1v) is 6.38. The molecule has 1 rings (SSSR count). The molecule has 1 aromatic carbocycles. The van der Waals surface area contributed by atoms with Crippen molar-refractivity contribution in [3.8, 4) is 0 Å². The lowest BCUT2D eigenvalue weighted by Crippen LogP contribution is -2.35. The van der Waals surface area contributed by atoms with Gasteiger partial charge in [0.1, 0.15) is 0 Å². The average Bonchev–Trinajstić information content (AvgIpc) is 2.32. The van der Waals surface area contributed by atoms with Crippen molar-refractivity contribution in [2.75, 3.05) is 10.6 Å². The molecule has 0 fully saturated rings. The molecular formula is C14H21N3O2. The Bertz CT molecular complexity index is 472. The van der Waals surface area contributed by atoms with E-state index in [1.165, 1.54) is 6.92 Å². The zero-order valence-corrected chi connectivity index (χ0v) is 11.8. The maximum absolute atomic E-state index is 11.8. The topological polar surface area (TPSA) is 70.2 Å². The van der Waals surface area contributed by atoms with Gasteiger partial charge in [0.2, 0.25) is 5.91 Å². The molecule has 0 aromatic heterocycles. The molecule has 0 saturated heterocycles. The van der Waals surface area contributed by atoms with Gasteiger partial charge in [0.15, 0.2) is 0 Å². The fourth-order valence-electron chi connectivity index (χ4n) is 1.52. The van der Waals surface area contributed by atoms with Gasteiger partial charge in [-0.05, 0) is 38.0 Å². The van der Waals surface area contributed by atoms with E-state index in [9.17, 15) is 9.59 Å². The van der Waals surface area contributed by atoms with E-state index < -0.39 is 0 Å². The van der Waals surface area contributed by atoms with Crippen LogP contribution in [-0.4, -0.2) is 18.0 Å². The van der Waals surface area contributed by atoms with Crippen LogP contribution in [0.2, 0.25) is 0 Å².